The van der Waals surface area contributed by atoms with Gasteiger partial charge in [0.15, 0.2) is 0 Å². The van der Waals surface area contributed by atoms with Crippen LogP contribution in [0.25, 0.3) is 0 Å². The van der Waals surface area contributed by atoms with Crippen molar-refractivity contribution >= 4 is 17.5 Å². The largest absolute Gasteiger partial charge is 0.401 e. The van der Waals surface area contributed by atoms with Crippen LogP contribution in [0.5, 0.6) is 0 Å². The second-order valence-electron chi connectivity index (χ2n) is 6.14. The van der Waals surface area contributed by atoms with E-state index in [1.54, 1.807) is 12.4 Å². The Balaban J connectivity index is 1.57. The van der Waals surface area contributed by atoms with Crippen LogP contribution in [0.1, 0.15) is 17.5 Å². The van der Waals surface area contributed by atoms with Crippen LogP contribution in [-0.2, 0) is 17.9 Å². The number of carbonyl (C=O) groups is 1. The monoisotopic (exact) mass is 356 g/mol. The van der Waals surface area contributed by atoms with Gasteiger partial charge in [0.25, 0.3) is 0 Å². The molecule has 1 aromatic heterocycles. The van der Waals surface area contributed by atoms with Crippen LogP contribution in [0.2, 0.25) is 5.02 Å². The van der Waals surface area contributed by atoms with Crippen molar-refractivity contribution in [2.45, 2.75) is 19.5 Å². The lowest BCUT2D eigenvalue weighted by molar-refractivity contribution is -0.118. The Kier molecular flexibility index (Phi) is 5.68. The molecule has 0 unspecified atom stereocenters. The van der Waals surface area contributed by atoms with E-state index in [0.717, 1.165) is 29.2 Å². The van der Waals surface area contributed by atoms with Gasteiger partial charge in [-0.3, -0.25) is 14.7 Å². The van der Waals surface area contributed by atoms with Crippen LogP contribution in [0, 0.1) is 0 Å². The van der Waals surface area contributed by atoms with Crippen molar-refractivity contribution in [3.05, 3.63) is 76.2 Å². The van der Waals surface area contributed by atoms with E-state index in [1.807, 2.05) is 36.4 Å². The van der Waals surface area contributed by atoms with Gasteiger partial charge in [-0.25, -0.2) is 0 Å². The Hall–Kier alpha value is -2.37. The number of hydrogen-bond acceptors (Lipinski definition) is 4. The number of nitrogens with zero attached hydrogens (tertiary/aromatic N) is 2. The molecule has 2 aromatic rings. The topological polar surface area (TPSA) is 71.2 Å². The Morgan fingerprint density at radius 1 is 1.28 bits per heavy atom. The summed E-state index contributed by atoms with van der Waals surface area (Å²) in [6, 6.07) is 11.6. The summed E-state index contributed by atoms with van der Waals surface area (Å²) < 4.78 is 0. The maximum Gasteiger partial charge on any atom is 0.249 e. The highest BCUT2D eigenvalue weighted by atomic mass is 35.5. The molecule has 0 saturated heterocycles. The van der Waals surface area contributed by atoms with Gasteiger partial charge >= 0.3 is 0 Å². The molecule has 0 radical (unpaired) electrons. The lowest BCUT2D eigenvalue weighted by Crippen LogP contribution is -2.38. The summed E-state index contributed by atoms with van der Waals surface area (Å²) in [7, 11) is 0. The number of aromatic nitrogens is 1. The van der Waals surface area contributed by atoms with Crippen molar-refractivity contribution < 1.29 is 4.79 Å². The van der Waals surface area contributed by atoms with Gasteiger partial charge < -0.3 is 11.1 Å². The lowest BCUT2D eigenvalue weighted by atomic mass is 10.0. The van der Waals surface area contributed by atoms with E-state index >= 15 is 0 Å². The first kappa shape index (κ1) is 17.5. The number of pyridine rings is 1. The molecule has 25 heavy (non-hydrogen) atoms. The van der Waals surface area contributed by atoms with Crippen LogP contribution < -0.4 is 11.1 Å². The van der Waals surface area contributed by atoms with Gasteiger partial charge in [0, 0.05) is 54.9 Å². The van der Waals surface area contributed by atoms with Crippen LogP contribution in [-0.4, -0.2) is 28.9 Å². The first-order valence-electron chi connectivity index (χ1n) is 8.23. The number of halogens is 1. The summed E-state index contributed by atoms with van der Waals surface area (Å²) >= 11 is 6.03. The summed E-state index contributed by atoms with van der Waals surface area (Å²) in [6.07, 6.45) is 4.10. The first-order chi connectivity index (χ1) is 12.1. The minimum atomic E-state index is -0.0937. The van der Waals surface area contributed by atoms with E-state index in [9.17, 15) is 4.79 Å². The second-order valence-corrected chi connectivity index (χ2v) is 6.57. The van der Waals surface area contributed by atoms with Crippen LogP contribution in [0.15, 0.2) is 60.1 Å². The van der Waals surface area contributed by atoms with E-state index < -0.39 is 0 Å². The molecule has 1 aliphatic rings. The Labute approximate surface area is 152 Å². The van der Waals surface area contributed by atoms with E-state index in [4.69, 9.17) is 17.3 Å². The Bertz CT molecular complexity index is 776. The molecule has 0 aliphatic carbocycles. The predicted molar refractivity (Wildman–Crippen MR) is 98.6 cm³/mol. The molecule has 1 aliphatic heterocycles. The molecule has 0 fully saturated rings. The molecule has 0 atom stereocenters. The molecule has 2 heterocycles. The number of nitrogens with two attached hydrogens (primary N) is 1. The highest BCUT2D eigenvalue weighted by molar-refractivity contribution is 6.30. The smallest absolute Gasteiger partial charge is 0.249 e. The number of rotatable bonds is 5. The molecule has 0 bridgehead atoms. The second kappa shape index (κ2) is 8.14. The zero-order chi connectivity index (χ0) is 17.6. The summed E-state index contributed by atoms with van der Waals surface area (Å²) in [5.41, 5.74) is 9.59. The average Bonchev–Trinajstić information content (AvgIpc) is 2.61. The summed E-state index contributed by atoms with van der Waals surface area (Å²) in [5, 5.41) is 3.65. The molecule has 3 rings (SSSR count). The molecule has 130 valence electrons. The number of amides is 1. The van der Waals surface area contributed by atoms with E-state index in [-0.39, 0.29) is 5.91 Å². The average molecular weight is 357 g/mol. The van der Waals surface area contributed by atoms with Crippen molar-refractivity contribution in [2.24, 2.45) is 5.73 Å². The molecule has 0 spiro atoms. The molecule has 6 heteroatoms. The zero-order valence-corrected chi connectivity index (χ0v) is 14.7. The van der Waals surface area contributed by atoms with Gasteiger partial charge in [0.05, 0.1) is 0 Å². The summed E-state index contributed by atoms with van der Waals surface area (Å²) in [5.74, 6) is -0.0937. The molecular formula is C19H21ClN4O. The fraction of sp³-hybridized carbons (Fsp3) is 0.263. The van der Waals surface area contributed by atoms with Crippen molar-refractivity contribution in [1.82, 2.24) is 15.2 Å². The maximum absolute atomic E-state index is 12.4. The standard InChI is InChI=1S/C19H21ClN4O/c20-16-5-1-3-14(9-16)12-24-8-6-17(18(21)13-24)19(25)23-11-15-4-2-7-22-10-15/h1-5,7,9-10H,6,8,11-13,21H2,(H,23,25). The maximum atomic E-state index is 12.4. The lowest BCUT2D eigenvalue weighted by Gasteiger charge is -2.28. The number of benzene rings is 1. The van der Waals surface area contributed by atoms with Crippen LogP contribution in [0.4, 0.5) is 0 Å². The van der Waals surface area contributed by atoms with Gasteiger partial charge in [0.1, 0.15) is 0 Å². The van der Waals surface area contributed by atoms with Crippen molar-refractivity contribution in [1.29, 1.82) is 0 Å². The van der Waals surface area contributed by atoms with E-state index in [0.29, 0.717) is 30.8 Å². The van der Waals surface area contributed by atoms with Gasteiger partial charge in [0.2, 0.25) is 5.91 Å². The van der Waals surface area contributed by atoms with Crippen LogP contribution in [0.3, 0.4) is 0 Å². The van der Waals surface area contributed by atoms with Crippen molar-refractivity contribution in [2.75, 3.05) is 13.1 Å². The number of carbonyl (C=O) groups excluding carboxylic acids is 1. The highest BCUT2D eigenvalue weighted by Gasteiger charge is 2.22. The number of nitrogens with one attached hydrogen (secondary N) is 1. The fourth-order valence-electron chi connectivity index (χ4n) is 2.93. The summed E-state index contributed by atoms with van der Waals surface area (Å²) in [4.78, 5) is 18.6. The zero-order valence-electron chi connectivity index (χ0n) is 13.9. The normalized spacial score (nSPS) is 15.2. The molecule has 5 nitrogen and oxygen atoms in total. The third-order valence-electron chi connectivity index (χ3n) is 4.20. The van der Waals surface area contributed by atoms with Gasteiger partial charge in [-0.05, 0) is 35.7 Å². The van der Waals surface area contributed by atoms with Gasteiger partial charge in [-0.1, -0.05) is 29.8 Å². The van der Waals surface area contributed by atoms with Crippen LogP contribution >= 0.6 is 11.6 Å². The van der Waals surface area contributed by atoms with Crippen molar-refractivity contribution in [3.8, 4) is 0 Å². The first-order valence-corrected chi connectivity index (χ1v) is 8.61. The molecular weight excluding hydrogens is 336 g/mol. The van der Waals surface area contributed by atoms with E-state index in [2.05, 4.69) is 15.2 Å². The van der Waals surface area contributed by atoms with Crippen molar-refractivity contribution in [3.63, 3.8) is 0 Å². The number of hydrogen-bond donors (Lipinski definition) is 2. The molecule has 1 amide bonds. The third-order valence-corrected chi connectivity index (χ3v) is 4.44. The molecule has 0 saturated carbocycles. The minimum Gasteiger partial charge on any atom is -0.401 e. The minimum absolute atomic E-state index is 0.0937. The van der Waals surface area contributed by atoms with E-state index in [1.165, 1.54) is 0 Å². The predicted octanol–water partition coefficient (Wildman–Crippen LogP) is 2.47. The van der Waals surface area contributed by atoms with Gasteiger partial charge in [-0.15, -0.1) is 0 Å². The Morgan fingerprint density at radius 2 is 2.12 bits per heavy atom. The molecule has 1 aromatic carbocycles. The third kappa shape index (κ3) is 4.81. The fourth-order valence-corrected chi connectivity index (χ4v) is 3.14. The Morgan fingerprint density at radius 3 is 2.84 bits per heavy atom. The quantitative estimate of drug-likeness (QED) is 0.863. The highest BCUT2D eigenvalue weighted by Crippen LogP contribution is 2.19. The molecule has 3 N–H and O–H groups in total. The summed E-state index contributed by atoms with van der Waals surface area (Å²) in [6.45, 7) is 2.60. The SMILES string of the molecule is NC1=C(C(=O)NCc2cccnc2)CCN(Cc2cccc(Cl)c2)C1. The van der Waals surface area contributed by atoms with Gasteiger partial charge in [-0.2, -0.15) is 0 Å².